The Morgan fingerprint density at radius 2 is 2.08 bits per heavy atom. The zero-order chi connectivity index (χ0) is 17.6. The van der Waals surface area contributed by atoms with Crippen molar-refractivity contribution in [3.05, 3.63) is 29.8 Å². The highest BCUT2D eigenvalue weighted by Gasteiger charge is 2.17. The molecular weight excluding hydrogens is 338 g/mol. The van der Waals surface area contributed by atoms with Crippen LogP contribution in [0.5, 0.6) is 0 Å². The van der Waals surface area contributed by atoms with Crippen molar-refractivity contribution in [2.45, 2.75) is 50.2 Å². The van der Waals surface area contributed by atoms with Gasteiger partial charge in [-0.2, -0.15) is 4.68 Å². The molecule has 1 aromatic heterocycles. The molecule has 1 saturated carbocycles. The van der Waals surface area contributed by atoms with Crippen molar-refractivity contribution in [2.75, 3.05) is 5.75 Å². The summed E-state index contributed by atoms with van der Waals surface area (Å²) >= 11 is 1.29. The minimum atomic E-state index is -0.0176. The Labute approximate surface area is 150 Å². The number of Topliss-reactive ketones (excluding diaryl/α,β-unsaturated/α-hetero) is 1. The first-order chi connectivity index (χ1) is 12.1. The summed E-state index contributed by atoms with van der Waals surface area (Å²) in [5, 5.41) is 15.3. The molecule has 0 spiro atoms. The fourth-order valence-corrected chi connectivity index (χ4v) is 3.64. The number of amides is 1. The molecule has 0 saturated heterocycles. The van der Waals surface area contributed by atoms with E-state index in [2.05, 4.69) is 20.8 Å². The van der Waals surface area contributed by atoms with Gasteiger partial charge >= 0.3 is 0 Å². The molecular formula is C17H21N5O2S. The van der Waals surface area contributed by atoms with Gasteiger partial charge in [-0.05, 0) is 42.3 Å². The van der Waals surface area contributed by atoms with Crippen LogP contribution in [-0.2, 0) is 4.79 Å². The first-order valence-corrected chi connectivity index (χ1v) is 9.44. The number of tetrazole rings is 1. The minimum absolute atomic E-state index is 0.00365. The maximum Gasteiger partial charge on any atom is 0.230 e. The Bertz CT molecular complexity index is 755. The van der Waals surface area contributed by atoms with Crippen LogP contribution in [0.4, 0.5) is 0 Å². The molecule has 0 radical (unpaired) electrons. The first-order valence-electron chi connectivity index (χ1n) is 8.45. The molecule has 1 N–H and O–H groups in total. The van der Waals surface area contributed by atoms with Crippen LogP contribution in [0.3, 0.4) is 0 Å². The average molecular weight is 359 g/mol. The normalized spacial score (nSPS) is 15.1. The second-order valence-corrected chi connectivity index (χ2v) is 7.11. The van der Waals surface area contributed by atoms with E-state index in [9.17, 15) is 9.59 Å². The van der Waals surface area contributed by atoms with Crippen LogP contribution in [0.25, 0.3) is 5.69 Å². The Balaban J connectivity index is 1.63. The highest BCUT2D eigenvalue weighted by Crippen LogP contribution is 2.20. The summed E-state index contributed by atoms with van der Waals surface area (Å²) in [5.41, 5.74) is 1.30. The Morgan fingerprint density at radius 3 is 2.84 bits per heavy atom. The van der Waals surface area contributed by atoms with Crippen LogP contribution in [0.1, 0.15) is 49.4 Å². The Kier molecular flexibility index (Phi) is 5.80. The van der Waals surface area contributed by atoms with Gasteiger partial charge in [0.1, 0.15) is 0 Å². The third-order valence-corrected chi connectivity index (χ3v) is 5.16. The smallest absolute Gasteiger partial charge is 0.230 e. The third-order valence-electron chi connectivity index (χ3n) is 4.24. The summed E-state index contributed by atoms with van der Waals surface area (Å²) in [6.45, 7) is 1.52. The van der Waals surface area contributed by atoms with E-state index in [4.69, 9.17) is 0 Å². The summed E-state index contributed by atoms with van der Waals surface area (Å²) in [6, 6.07) is 7.41. The molecule has 132 valence electrons. The van der Waals surface area contributed by atoms with Crippen LogP contribution < -0.4 is 5.32 Å². The average Bonchev–Trinajstić information content (AvgIpc) is 3.09. The Hall–Kier alpha value is -2.22. The fraction of sp³-hybridized carbons (Fsp3) is 0.471. The number of thioether (sulfide) groups is 1. The Morgan fingerprint density at radius 1 is 1.28 bits per heavy atom. The number of nitrogens with one attached hydrogen (secondary N) is 1. The molecule has 0 unspecified atom stereocenters. The molecule has 0 atom stereocenters. The van der Waals surface area contributed by atoms with Crippen molar-refractivity contribution < 1.29 is 9.59 Å². The second kappa shape index (κ2) is 8.24. The van der Waals surface area contributed by atoms with Gasteiger partial charge in [-0.15, -0.1) is 5.10 Å². The van der Waals surface area contributed by atoms with Crippen molar-refractivity contribution >= 4 is 23.5 Å². The number of nitrogens with zero attached hydrogens (tertiary/aromatic N) is 4. The lowest BCUT2D eigenvalue weighted by atomic mass is 9.95. The number of ketones is 1. The molecule has 2 aromatic rings. The molecule has 1 aliphatic carbocycles. The standard InChI is InChI=1S/C17H21N5O2S/c1-12(23)13-6-5-9-15(10-13)22-17(19-20-21-22)25-11-16(24)18-14-7-3-2-4-8-14/h5-6,9-10,14H,2-4,7-8,11H2,1H3,(H,18,24). The van der Waals surface area contributed by atoms with E-state index in [-0.39, 0.29) is 17.4 Å². The van der Waals surface area contributed by atoms with Crippen LogP contribution in [0.15, 0.2) is 29.4 Å². The van der Waals surface area contributed by atoms with E-state index in [0.29, 0.717) is 22.4 Å². The lowest BCUT2D eigenvalue weighted by Crippen LogP contribution is -2.37. The van der Waals surface area contributed by atoms with Gasteiger partial charge < -0.3 is 5.32 Å². The maximum absolute atomic E-state index is 12.1. The molecule has 1 aliphatic rings. The third kappa shape index (κ3) is 4.66. The van der Waals surface area contributed by atoms with Gasteiger partial charge in [0.25, 0.3) is 0 Å². The van der Waals surface area contributed by atoms with Crippen molar-refractivity contribution in [3.8, 4) is 5.69 Å². The molecule has 1 fully saturated rings. The lowest BCUT2D eigenvalue weighted by molar-refractivity contribution is -0.119. The maximum atomic E-state index is 12.1. The molecule has 8 heteroatoms. The first kappa shape index (κ1) is 17.6. The zero-order valence-electron chi connectivity index (χ0n) is 14.1. The second-order valence-electron chi connectivity index (χ2n) is 6.17. The summed E-state index contributed by atoms with van der Waals surface area (Å²) < 4.78 is 1.55. The molecule has 25 heavy (non-hydrogen) atoms. The number of benzene rings is 1. The van der Waals surface area contributed by atoms with Crippen LogP contribution in [0, 0.1) is 0 Å². The summed E-state index contributed by atoms with van der Waals surface area (Å²) in [5.74, 6) is 0.253. The highest BCUT2D eigenvalue weighted by atomic mass is 32.2. The van der Waals surface area contributed by atoms with Crippen molar-refractivity contribution in [1.29, 1.82) is 0 Å². The van der Waals surface area contributed by atoms with E-state index in [0.717, 1.165) is 12.8 Å². The lowest BCUT2D eigenvalue weighted by Gasteiger charge is -2.22. The summed E-state index contributed by atoms with van der Waals surface area (Å²) in [6.07, 6.45) is 5.75. The quantitative estimate of drug-likeness (QED) is 0.629. The van der Waals surface area contributed by atoms with Crippen molar-refractivity contribution in [1.82, 2.24) is 25.5 Å². The van der Waals surface area contributed by atoms with Gasteiger partial charge in [-0.25, -0.2) is 0 Å². The molecule has 3 rings (SSSR count). The SMILES string of the molecule is CC(=O)c1cccc(-n2nnnc2SCC(=O)NC2CCCCC2)c1. The molecule has 1 aromatic carbocycles. The molecule has 0 bridgehead atoms. The van der Waals surface area contributed by atoms with Gasteiger partial charge in [-0.3, -0.25) is 9.59 Å². The largest absolute Gasteiger partial charge is 0.353 e. The van der Waals surface area contributed by atoms with Crippen LogP contribution in [0.2, 0.25) is 0 Å². The number of hydrogen-bond donors (Lipinski definition) is 1. The number of hydrogen-bond acceptors (Lipinski definition) is 6. The topological polar surface area (TPSA) is 89.8 Å². The molecule has 7 nitrogen and oxygen atoms in total. The van der Waals surface area contributed by atoms with Gasteiger partial charge in [0, 0.05) is 11.6 Å². The van der Waals surface area contributed by atoms with Crippen molar-refractivity contribution in [2.24, 2.45) is 0 Å². The summed E-state index contributed by atoms with van der Waals surface area (Å²) in [7, 11) is 0. The molecule has 0 aliphatic heterocycles. The van der Waals surface area contributed by atoms with Crippen LogP contribution >= 0.6 is 11.8 Å². The number of aromatic nitrogens is 4. The van der Waals surface area contributed by atoms with Crippen molar-refractivity contribution in [3.63, 3.8) is 0 Å². The minimum Gasteiger partial charge on any atom is -0.353 e. The van der Waals surface area contributed by atoms with Gasteiger partial charge in [0.15, 0.2) is 5.78 Å². The van der Waals surface area contributed by atoms with E-state index in [1.165, 1.54) is 37.9 Å². The predicted octanol–water partition coefficient (Wildman–Crippen LogP) is 2.41. The van der Waals surface area contributed by atoms with E-state index in [1.807, 2.05) is 6.07 Å². The molecule has 1 heterocycles. The van der Waals surface area contributed by atoms with Crippen LogP contribution in [-0.4, -0.2) is 43.7 Å². The predicted molar refractivity (Wildman–Crippen MR) is 94.9 cm³/mol. The molecule has 1 amide bonds. The fourth-order valence-electron chi connectivity index (χ4n) is 2.93. The number of carbonyl (C=O) groups excluding carboxylic acids is 2. The monoisotopic (exact) mass is 359 g/mol. The van der Waals surface area contributed by atoms with E-state index < -0.39 is 0 Å². The number of carbonyl (C=O) groups is 2. The van der Waals surface area contributed by atoms with Gasteiger partial charge in [0.2, 0.25) is 11.1 Å². The summed E-state index contributed by atoms with van der Waals surface area (Å²) in [4.78, 5) is 23.7. The number of rotatable bonds is 6. The van der Waals surface area contributed by atoms with Gasteiger partial charge in [0.05, 0.1) is 11.4 Å². The van der Waals surface area contributed by atoms with Gasteiger partial charge in [-0.1, -0.05) is 43.2 Å². The van der Waals surface area contributed by atoms with E-state index in [1.54, 1.807) is 22.9 Å². The zero-order valence-corrected chi connectivity index (χ0v) is 15.0. The van der Waals surface area contributed by atoms with E-state index >= 15 is 0 Å². The highest BCUT2D eigenvalue weighted by molar-refractivity contribution is 7.99.